The molecule has 2 amide bonds. The Morgan fingerprint density at radius 2 is 1.96 bits per heavy atom. The fourth-order valence-electron chi connectivity index (χ4n) is 2.88. The van der Waals surface area contributed by atoms with Crippen molar-refractivity contribution in [3.63, 3.8) is 0 Å². The van der Waals surface area contributed by atoms with Crippen LogP contribution in [0.3, 0.4) is 0 Å². The van der Waals surface area contributed by atoms with Crippen molar-refractivity contribution in [3.8, 4) is 0 Å². The first kappa shape index (κ1) is 19.9. The average molecular weight is 398 g/mol. The first-order chi connectivity index (χ1) is 13.3. The number of nitrogens with one attached hydrogen (secondary N) is 1. The summed E-state index contributed by atoms with van der Waals surface area (Å²) in [4.78, 5) is 38.4. The maximum Gasteiger partial charge on any atom is 0.244 e. The van der Waals surface area contributed by atoms with Crippen LogP contribution in [0, 0.1) is 0 Å². The number of nitrogens with zero attached hydrogens (tertiary/aromatic N) is 1. The van der Waals surface area contributed by atoms with Crippen LogP contribution in [-0.2, 0) is 15.0 Å². The molecule has 0 bridgehead atoms. The largest absolute Gasteiger partial charge is 0.461 e. The number of thioether (sulfide) groups is 1. The van der Waals surface area contributed by atoms with Gasteiger partial charge in [0.05, 0.1) is 17.0 Å². The van der Waals surface area contributed by atoms with E-state index in [4.69, 9.17) is 4.42 Å². The van der Waals surface area contributed by atoms with Gasteiger partial charge in [-0.15, -0.1) is 0 Å². The van der Waals surface area contributed by atoms with Gasteiger partial charge in [-0.25, -0.2) is 0 Å². The number of allylic oxidation sites excluding steroid dienone is 1. The van der Waals surface area contributed by atoms with Gasteiger partial charge >= 0.3 is 0 Å². The van der Waals surface area contributed by atoms with Crippen molar-refractivity contribution in [2.45, 2.75) is 26.2 Å². The maximum atomic E-state index is 12.6. The zero-order chi connectivity index (χ0) is 20.3. The van der Waals surface area contributed by atoms with Crippen molar-refractivity contribution in [1.29, 1.82) is 0 Å². The van der Waals surface area contributed by atoms with Crippen molar-refractivity contribution in [2.24, 2.45) is 0 Å². The fourth-order valence-corrected chi connectivity index (χ4v) is 3.82. The number of ketones is 1. The number of hydrogen-bond acceptors (Lipinski definition) is 5. The van der Waals surface area contributed by atoms with E-state index in [0.29, 0.717) is 5.03 Å². The molecule has 146 valence electrons. The summed E-state index contributed by atoms with van der Waals surface area (Å²) >= 11 is 1.23. The molecule has 1 aliphatic heterocycles. The highest BCUT2D eigenvalue weighted by molar-refractivity contribution is 8.04. The Bertz CT molecular complexity index is 926. The SMILES string of the molecule is CC(C)(C)c1ccccc1NC(=O)CN1C(=O)CS/C1=C\C(=O)c1ccco1. The smallest absolute Gasteiger partial charge is 0.244 e. The van der Waals surface area contributed by atoms with Gasteiger partial charge in [-0.1, -0.05) is 50.7 Å². The van der Waals surface area contributed by atoms with Gasteiger partial charge in [-0.2, -0.15) is 0 Å². The Hall–Kier alpha value is -2.80. The van der Waals surface area contributed by atoms with Gasteiger partial charge in [0, 0.05) is 11.8 Å². The van der Waals surface area contributed by atoms with E-state index in [2.05, 4.69) is 26.1 Å². The van der Waals surface area contributed by atoms with E-state index in [0.717, 1.165) is 11.3 Å². The molecule has 0 unspecified atom stereocenters. The van der Waals surface area contributed by atoms with E-state index in [1.165, 1.54) is 29.0 Å². The van der Waals surface area contributed by atoms with Gasteiger partial charge < -0.3 is 9.73 Å². The fraction of sp³-hybridized carbons (Fsp3) is 0.286. The topological polar surface area (TPSA) is 79.6 Å². The van der Waals surface area contributed by atoms with Crippen LogP contribution < -0.4 is 5.32 Å². The summed E-state index contributed by atoms with van der Waals surface area (Å²) in [7, 11) is 0. The lowest BCUT2D eigenvalue weighted by Crippen LogP contribution is -2.34. The van der Waals surface area contributed by atoms with Crippen LogP contribution >= 0.6 is 11.8 Å². The zero-order valence-corrected chi connectivity index (χ0v) is 16.8. The number of carbonyl (C=O) groups excluding carboxylic acids is 3. The lowest BCUT2D eigenvalue weighted by atomic mass is 9.86. The third-order valence-electron chi connectivity index (χ3n) is 4.24. The van der Waals surface area contributed by atoms with Crippen molar-refractivity contribution >= 4 is 35.0 Å². The quantitative estimate of drug-likeness (QED) is 0.612. The Balaban J connectivity index is 1.74. The summed E-state index contributed by atoms with van der Waals surface area (Å²) in [5, 5.41) is 3.34. The van der Waals surface area contributed by atoms with Gasteiger partial charge in [0.25, 0.3) is 0 Å². The molecule has 1 aromatic heterocycles. The summed E-state index contributed by atoms with van der Waals surface area (Å²) in [5.74, 6) is -0.475. The van der Waals surface area contributed by atoms with E-state index in [1.54, 1.807) is 12.1 Å². The molecule has 0 aliphatic carbocycles. The normalized spacial score (nSPS) is 15.9. The van der Waals surface area contributed by atoms with Crippen molar-refractivity contribution < 1.29 is 18.8 Å². The third kappa shape index (κ3) is 4.54. The number of carbonyl (C=O) groups is 3. The van der Waals surface area contributed by atoms with Gasteiger partial charge in [0.1, 0.15) is 6.54 Å². The second kappa shape index (κ2) is 8.06. The number of furan rings is 1. The summed E-state index contributed by atoms with van der Waals surface area (Å²) < 4.78 is 5.09. The second-order valence-electron chi connectivity index (χ2n) is 7.44. The molecule has 0 saturated carbocycles. The van der Waals surface area contributed by atoms with Crippen molar-refractivity contribution in [2.75, 3.05) is 17.6 Å². The van der Waals surface area contributed by atoms with Crippen LogP contribution in [-0.4, -0.2) is 34.8 Å². The Kier molecular flexibility index (Phi) is 5.74. The molecule has 1 aliphatic rings. The number of benzene rings is 1. The summed E-state index contributed by atoms with van der Waals surface area (Å²) in [5.41, 5.74) is 1.59. The van der Waals surface area contributed by atoms with Crippen molar-refractivity contribution in [3.05, 3.63) is 65.1 Å². The first-order valence-electron chi connectivity index (χ1n) is 8.88. The summed E-state index contributed by atoms with van der Waals surface area (Å²) in [6.07, 6.45) is 2.75. The van der Waals surface area contributed by atoms with Crippen molar-refractivity contribution in [1.82, 2.24) is 4.90 Å². The minimum absolute atomic E-state index is 0.135. The van der Waals surface area contributed by atoms with Gasteiger partial charge in [-0.05, 0) is 29.2 Å². The third-order valence-corrected chi connectivity index (χ3v) is 5.27. The monoisotopic (exact) mass is 398 g/mol. The van der Waals surface area contributed by atoms with Gasteiger partial charge in [-0.3, -0.25) is 19.3 Å². The van der Waals surface area contributed by atoms with E-state index >= 15 is 0 Å². The molecule has 0 spiro atoms. The Morgan fingerprint density at radius 3 is 2.64 bits per heavy atom. The lowest BCUT2D eigenvalue weighted by molar-refractivity contribution is -0.129. The highest BCUT2D eigenvalue weighted by Gasteiger charge is 2.30. The molecule has 2 aromatic rings. The van der Waals surface area contributed by atoms with Crippen LogP contribution in [0.15, 0.2) is 58.2 Å². The molecule has 6 nitrogen and oxygen atoms in total. The molecule has 1 N–H and O–H groups in total. The van der Waals surface area contributed by atoms with E-state index < -0.39 is 0 Å². The number of rotatable bonds is 5. The lowest BCUT2D eigenvalue weighted by Gasteiger charge is -2.23. The highest BCUT2D eigenvalue weighted by Crippen LogP contribution is 2.31. The Labute approximate surface area is 168 Å². The minimum atomic E-state index is -0.342. The molecule has 1 saturated heterocycles. The summed E-state index contributed by atoms with van der Waals surface area (Å²) in [6.45, 7) is 6.06. The molecular weight excluding hydrogens is 376 g/mol. The molecule has 0 atom stereocenters. The van der Waals surface area contributed by atoms with E-state index in [-0.39, 0.29) is 41.1 Å². The first-order valence-corrected chi connectivity index (χ1v) is 9.86. The summed E-state index contributed by atoms with van der Waals surface area (Å²) in [6, 6.07) is 10.8. The molecular formula is C21H22N2O4S. The zero-order valence-electron chi connectivity index (χ0n) is 16.0. The van der Waals surface area contributed by atoms with E-state index in [1.807, 2.05) is 24.3 Å². The molecule has 28 heavy (non-hydrogen) atoms. The number of hydrogen-bond donors (Lipinski definition) is 1. The minimum Gasteiger partial charge on any atom is -0.461 e. The van der Waals surface area contributed by atoms with Gasteiger partial charge in [0.15, 0.2) is 5.76 Å². The standard InChI is InChI=1S/C21H22N2O4S/c1-21(2,3)14-7-4-5-8-15(14)22-18(25)12-23-19(26)13-28-20(23)11-16(24)17-9-6-10-27-17/h4-11H,12-13H2,1-3H3,(H,22,25)/b20-11-. The van der Waals surface area contributed by atoms with Gasteiger partial charge in [0.2, 0.25) is 17.6 Å². The number of para-hydroxylation sites is 1. The molecule has 1 fully saturated rings. The number of anilines is 1. The second-order valence-corrected chi connectivity index (χ2v) is 8.43. The van der Waals surface area contributed by atoms with Crippen LogP contribution in [0.25, 0.3) is 0 Å². The molecule has 1 aromatic carbocycles. The molecule has 2 heterocycles. The van der Waals surface area contributed by atoms with Crippen LogP contribution in [0.1, 0.15) is 36.9 Å². The highest BCUT2D eigenvalue weighted by atomic mass is 32.2. The van der Waals surface area contributed by atoms with Crippen LogP contribution in [0.4, 0.5) is 5.69 Å². The molecule has 7 heteroatoms. The average Bonchev–Trinajstić information content (AvgIpc) is 3.27. The predicted octanol–water partition coefficient (Wildman–Crippen LogP) is 3.82. The predicted molar refractivity (Wildman–Crippen MR) is 109 cm³/mol. The van der Waals surface area contributed by atoms with Crippen LogP contribution in [0.5, 0.6) is 0 Å². The molecule has 0 radical (unpaired) electrons. The molecule has 3 rings (SSSR count). The number of amides is 2. The van der Waals surface area contributed by atoms with E-state index in [9.17, 15) is 14.4 Å². The maximum absolute atomic E-state index is 12.6. The Morgan fingerprint density at radius 1 is 1.21 bits per heavy atom. The van der Waals surface area contributed by atoms with Crippen LogP contribution in [0.2, 0.25) is 0 Å².